The highest BCUT2D eigenvalue weighted by atomic mass is 79.9. The molecule has 0 saturated heterocycles. The zero-order valence-corrected chi connectivity index (χ0v) is 13.5. The van der Waals surface area contributed by atoms with Gasteiger partial charge in [0.2, 0.25) is 0 Å². The summed E-state index contributed by atoms with van der Waals surface area (Å²) in [7, 11) is 0. The van der Waals surface area contributed by atoms with Crippen molar-refractivity contribution >= 4 is 39.0 Å². The summed E-state index contributed by atoms with van der Waals surface area (Å²) in [5.41, 5.74) is 9.70. The van der Waals surface area contributed by atoms with Gasteiger partial charge >= 0.3 is 5.97 Å². The summed E-state index contributed by atoms with van der Waals surface area (Å²) in [5, 5.41) is 3.22. The number of halogens is 1. The summed E-state index contributed by atoms with van der Waals surface area (Å²) >= 11 is 3.46. The van der Waals surface area contributed by atoms with Crippen LogP contribution in [0.1, 0.15) is 22.8 Å². The molecule has 0 fully saturated rings. The van der Waals surface area contributed by atoms with Gasteiger partial charge in [-0.1, -0.05) is 15.9 Å². The Hall–Kier alpha value is -2.01. The van der Waals surface area contributed by atoms with Crippen molar-refractivity contribution in [3.05, 3.63) is 52.0 Å². The van der Waals surface area contributed by atoms with Crippen molar-refractivity contribution in [2.24, 2.45) is 0 Å². The van der Waals surface area contributed by atoms with Gasteiger partial charge < -0.3 is 15.8 Å². The third-order valence-corrected chi connectivity index (χ3v) is 3.89. The van der Waals surface area contributed by atoms with E-state index in [1.165, 1.54) is 0 Å². The Bertz CT molecular complexity index is 671. The molecule has 0 aliphatic heterocycles. The maximum Gasteiger partial charge on any atom is 0.338 e. The molecule has 110 valence electrons. The van der Waals surface area contributed by atoms with Crippen LogP contribution in [0, 0.1) is 6.92 Å². The molecule has 2 aromatic rings. The quantitative estimate of drug-likeness (QED) is 0.639. The van der Waals surface area contributed by atoms with Crippen LogP contribution in [0.3, 0.4) is 0 Å². The number of carbonyl (C=O) groups excluding carboxylic acids is 1. The molecule has 2 rings (SSSR count). The maximum absolute atomic E-state index is 11.8. The second-order valence-electron chi connectivity index (χ2n) is 4.61. The van der Waals surface area contributed by atoms with Gasteiger partial charge in [0.25, 0.3) is 0 Å². The van der Waals surface area contributed by atoms with Crippen LogP contribution < -0.4 is 11.1 Å². The summed E-state index contributed by atoms with van der Waals surface area (Å²) < 4.78 is 6.04. The van der Waals surface area contributed by atoms with Gasteiger partial charge in [0.05, 0.1) is 23.5 Å². The van der Waals surface area contributed by atoms with E-state index >= 15 is 0 Å². The summed E-state index contributed by atoms with van der Waals surface area (Å²) in [6.45, 7) is 4.13. The Balaban J connectivity index is 2.28. The molecule has 5 heteroatoms. The molecule has 0 radical (unpaired) electrons. The van der Waals surface area contributed by atoms with Crippen molar-refractivity contribution in [2.75, 3.05) is 17.7 Å². The monoisotopic (exact) mass is 348 g/mol. The van der Waals surface area contributed by atoms with E-state index in [1.807, 2.05) is 25.1 Å². The molecule has 0 aliphatic rings. The number of ether oxygens (including phenoxy) is 1. The molecule has 0 aromatic heterocycles. The van der Waals surface area contributed by atoms with Gasteiger partial charge in [-0.2, -0.15) is 0 Å². The summed E-state index contributed by atoms with van der Waals surface area (Å²) in [6.07, 6.45) is 0. The van der Waals surface area contributed by atoms with Crippen molar-refractivity contribution in [2.45, 2.75) is 13.8 Å². The summed E-state index contributed by atoms with van der Waals surface area (Å²) in [4.78, 5) is 11.8. The minimum atomic E-state index is -0.354. The molecule has 0 bridgehead atoms. The van der Waals surface area contributed by atoms with Crippen LogP contribution in [-0.4, -0.2) is 12.6 Å². The van der Waals surface area contributed by atoms with Crippen LogP contribution in [-0.2, 0) is 4.74 Å². The lowest BCUT2D eigenvalue weighted by atomic mass is 10.1. The smallest absolute Gasteiger partial charge is 0.338 e. The number of nitrogens with two attached hydrogens (primary N) is 1. The zero-order chi connectivity index (χ0) is 15.4. The lowest BCUT2D eigenvalue weighted by molar-refractivity contribution is 0.0526. The van der Waals surface area contributed by atoms with Gasteiger partial charge in [-0.15, -0.1) is 0 Å². The highest BCUT2D eigenvalue weighted by Gasteiger charge is 2.09. The largest absolute Gasteiger partial charge is 0.462 e. The first kappa shape index (κ1) is 15.4. The molecular weight excluding hydrogens is 332 g/mol. The number of anilines is 3. The lowest BCUT2D eigenvalue weighted by Crippen LogP contribution is -2.06. The first-order valence-electron chi connectivity index (χ1n) is 6.61. The Labute approximate surface area is 132 Å². The van der Waals surface area contributed by atoms with E-state index in [9.17, 15) is 4.79 Å². The zero-order valence-electron chi connectivity index (χ0n) is 11.9. The van der Waals surface area contributed by atoms with Gasteiger partial charge in [0, 0.05) is 10.2 Å². The van der Waals surface area contributed by atoms with Gasteiger partial charge in [-0.3, -0.25) is 0 Å². The van der Waals surface area contributed by atoms with E-state index in [0.29, 0.717) is 23.5 Å². The number of hydrogen-bond acceptors (Lipinski definition) is 4. The number of nitrogens with one attached hydrogen (secondary N) is 1. The summed E-state index contributed by atoms with van der Waals surface area (Å²) in [6, 6.07) is 11.0. The topological polar surface area (TPSA) is 64.3 Å². The number of nitrogen functional groups attached to an aromatic ring is 1. The Morgan fingerprint density at radius 3 is 2.71 bits per heavy atom. The molecule has 0 atom stereocenters. The molecule has 0 amide bonds. The lowest BCUT2D eigenvalue weighted by Gasteiger charge is -2.12. The van der Waals surface area contributed by atoms with Crippen molar-refractivity contribution in [1.29, 1.82) is 0 Å². The van der Waals surface area contributed by atoms with Gasteiger partial charge in [0.1, 0.15) is 0 Å². The minimum Gasteiger partial charge on any atom is -0.462 e. The van der Waals surface area contributed by atoms with Crippen molar-refractivity contribution in [3.63, 3.8) is 0 Å². The van der Waals surface area contributed by atoms with Crippen LogP contribution in [0.2, 0.25) is 0 Å². The standard InChI is InChI=1S/C16H17BrN2O2/c1-3-21-16(20)11-4-7-14(18)15(9-11)19-12-5-6-13(17)10(2)8-12/h4-9,19H,3,18H2,1-2H3. The number of hydrogen-bond donors (Lipinski definition) is 2. The van der Waals surface area contributed by atoms with Crippen molar-refractivity contribution in [3.8, 4) is 0 Å². The van der Waals surface area contributed by atoms with E-state index in [2.05, 4.69) is 21.2 Å². The molecule has 0 heterocycles. The SMILES string of the molecule is CCOC(=O)c1ccc(N)c(Nc2ccc(Br)c(C)c2)c1. The second kappa shape index (κ2) is 6.63. The van der Waals surface area contributed by atoms with E-state index in [0.717, 1.165) is 15.7 Å². The summed E-state index contributed by atoms with van der Waals surface area (Å²) in [5.74, 6) is -0.354. The van der Waals surface area contributed by atoms with Crippen molar-refractivity contribution in [1.82, 2.24) is 0 Å². The predicted octanol–water partition coefficient (Wildman–Crippen LogP) is 4.26. The number of rotatable bonds is 4. The Kier molecular flexibility index (Phi) is 4.85. The van der Waals surface area contributed by atoms with Crippen molar-refractivity contribution < 1.29 is 9.53 Å². The third-order valence-electron chi connectivity index (χ3n) is 3.00. The normalized spacial score (nSPS) is 10.2. The van der Waals surface area contributed by atoms with E-state index < -0.39 is 0 Å². The van der Waals surface area contributed by atoms with Crippen LogP contribution >= 0.6 is 15.9 Å². The molecule has 0 saturated carbocycles. The number of benzene rings is 2. The van der Waals surface area contributed by atoms with Gasteiger partial charge in [0.15, 0.2) is 0 Å². The maximum atomic E-state index is 11.8. The molecule has 0 unspecified atom stereocenters. The number of carbonyl (C=O) groups is 1. The molecule has 3 N–H and O–H groups in total. The predicted molar refractivity (Wildman–Crippen MR) is 89.0 cm³/mol. The molecule has 0 aliphatic carbocycles. The molecule has 21 heavy (non-hydrogen) atoms. The highest BCUT2D eigenvalue weighted by Crippen LogP contribution is 2.27. The van der Waals surface area contributed by atoms with Crippen LogP contribution in [0.25, 0.3) is 0 Å². The number of esters is 1. The van der Waals surface area contributed by atoms with Gasteiger partial charge in [-0.05, 0) is 55.8 Å². The minimum absolute atomic E-state index is 0.345. The fraction of sp³-hybridized carbons (Fsp3) is 0.188. The first-order valence-corrected chi connectivity index (χ1v) is 7.40. The molecular formula is C16H17BrN2O2. The average molecular weight is 349 g/mol. The Morgan fingerprint density at radius 1 is 1.29 bits per heavy atom. The third kappa shape index (κ3) is 3.76. The van der Waals surface area contributed by atoms with Crippen LogP contribution in [0.15, 0.2) is 40.9 Å². The fourth-order valence-electron chi connectivity index (χ4n) is 1.88. The van der Waals surface area contributed by atoms with Crippen LogP contribution in [0.4, 0.5) is 17.1 Å². The van der Waals surface area contributed by atoms with E-state index in [1.54, 1.807) is 25.1 Å². The molecule has 0 spiro atoms. The average Bonchev–Trinajstić information content (AvgIpc) is 2.45. The highest BCUT2D eigenvalue weighted by molar-refractivity contribution is 9.10. The second-order valence-corrected chi connectivity index (χ2v) is 5.47. The molecule has 4 nitrogen and oxygen atoms in total. The first-order chi connectivity index (χ1) is 10.0. The van der Waals surface area contributed by atoms with Crippen LogP contribution in [0.5, 0.6) is 0 Å². The number of aryl methyl sites for hydroxylation is 1. The molecule has 2 aromatic carbocycles. The van der Waals surface area contributed by atoms with E-state index in [4.69, 9.17) is 10.5 Å². The van der Waals surface area contributed by atoms with E-state index in [-0.39, 0.29) is 5.97 Å². The van der Waals surface area contributed by atoms with Gasteiger partial charge in [-0.25, -0.2) is 4.79 Å². The fourth-order valence-corrected chi connectivity index (χ4v) is 2.13. The Morgan fingerprint density at radius 2 is 2.05 bits per heavy atom.